The highest BCUT2D eigenvalue weighted by Gasteiger charge is 2.16. The minimum absolute atomic E-state index is 0.0236. The molecule has 2 aromatic rings. The lowest BCUT2D eigenvalue weighted by atomic mass is 10.2. The second kappa shape index (κ2) is 5.90. The molecule has 0 aliphatic carbocycles. The fourth-order valence-corrected chi connectivity index (χ4v) is 2.69. The third kappa shape index (κ3) is 3.36. The van der Waals surface area contributed by atoms with Crippen LogP contribution in [0, 0.1) is 10.1 Å². The SMILES string of the molecule is Nc1ccc(SCc2c(Cl)cccc2[N+](=O)[O-])nc1. The third-order valence-electron chi connectivity index (χ3n) is 2.41. The Hall–Kier alpha value is -1.79. The summed E-state index contributed by atoms with van der Waals surface area (Å²) in [5.74, 6) is 0.382. The van der Waals surface area contributed by atoms with E-state index in [4.69, 9.17) is 17.3 Å². The molecule has 0 amide bonds. The lowest BCUT2D eigenvalue weighted by Crippen LogP contribution is -1.95. The van der Waals surface area contributed by atoms with Crippen molar-refractivity contribution in [2.75, 3.05) is 5.73 Å². The predicted molar refractivity (Wildman–Crippen MR) is 76.3 cm³/mol. The molecule has 98 valence electrons. The van der Waals surface area contributed by atoms with Gasteiger partial charge in [0.2, 0.25) is 0 Å². The second-order valence-electron chi connectivity index (χ2n) is 3.71. The van der Waals surface area contributed by atoms with Crippen LogP contribution in [0.2, 0.25) is 5.02 Å². The molecular formula is C12H10ClN3O2S. The van der Waals surface area contributed by atoms with Crippen LogP contribution in [0.5, 0.6) is 0 Å². The van der Waals surface area contributed by atoms with Crippen LogP contribution in [0.3, 0.4) is 0 Å². The van der Waals surface area contributed by atoms with Gasteiger partial charge in [-0.05, 0) is 18.2 Å². The van der Waals surface area contributed by atoms with Gasteiger partial charge < -0.3 is 5.73 Å². The van der Waals surface area contributed by atoms with E-state index < -0.39 is 4.92 Å². The average molecular weight is 296 g/mol. The Morgan fingerprint density at radius 1 is 1.37 bits per heavy atom. The van der Waals surface area contributed by atoms with Gasteiger partial charge in [0.25, 0.3) is 5.69 Å². The van der Waals surface area contributed by atoms with Crippen LogP contribution in [0.25, 0.3) is 0 Å². The van der Waals surface area contributed by atoms with Gasteiger partial charge in [-0.3, -0.25) is 10.1 Å². The lowest BCUT2D eigenvalue weighted by Gasteiger charge is -2.05. The molecule has 0 saturated carbocycles. The van der Waals surface area contributed by atoms with E-state index in [2.05, 4.69) is 4.98 Å². The molecule has 1 aromatic carbocycles. The van der Waals surface area contributed by atoms with Crippen LogP contribution in [-0.2, 0) is 5.75 Å². The van der Waals surface area contributed by atoms with Gasteiger partial charge in [0.05, 0.1) is 32.4 Å². The Bertz CT molecular complexity index is 604. The van der Waals surface area contributed by atoms with Gasteiger partial charge >= 0.3 is 0 Å². The average Bonchev–Trinajstić information content (AvgIpc) is 2.39. The molecule has 0 aliphatic rings. The standard InChI is InChI=1S/C12H10ClN3O2S/c13-10-2-1-3-11(16(17)18)9(10)7-19-12-5-4-8(14)6-15-12/h1-6H,7,14H2. The lowest BCUT2D eigenvalue weighted by molar-refractivity contribution is -0.385. The Balaban J connectivity index is 2.19. The summed E-state index contributed by atoms with van der Waals surface area (Å²) in [5, 5.41) is 12.1. The van der Waals surface area contributed by atoms with Crippen molar-refractivity contribution < 1.29 is 4.92 Å². The Labute approximate surface area is 118 Å². The number of nitro benzene ring substituents is 1. The zero-order valence-electron chi connectivity index (χ0n) is 9.75. The van der Waals surface area contributed by atoms with E-state index in [1.165, 1.54) is 17.8 Å². The number of nitrogens with two attached hydrogens (primary N) is 1. The molecule has 0 unspecified atom stereocenters. The maximum Gasteiger partial charge on any atom is 0.274 e. The Kier molecular flexibility index (Phi) is 4.24. The number of rotatable bonds is 4. The molecule has 0 aliphatic heterocycles. The number of aromatic nitrogens is 1. The van der Waals surface area contributed by atoms with Gasteiger partial charge in [-0.2, -0.15) is 0 Å². The molecule has 0 atom stereocenters. The van der Waals surface area contributed by atoms with E-state index in [-0.39, 0.29) is 5.69 Å². The van der Waals surface area contributed by atoms with E-state index in [1.54, 1.807) is 30.5 Å². The largest absolute Gasteiger partial charge is 0.397 e. The first kappa shape index (κ1) is 13.6. The molecule has 0 saturated heterocycles. The molecule has 0 spiro atoms. The van der Waals surface area contributed by atoms with Crippen molar-refractivity contribution in [3.63, 3.8) is 0 Å². The first-order valence-corrected chi connectivity index (χ1v) is 6.70. The second-order valence-corrected chi connectivity index (χ2v) is 5.12. The van der Waals surface area contributed by atoms with Crippen molar-refractivity contribution in [3.05, 3.63) is 57.2 Å². The third-order valence-corrected chi connectivity index (χ3v) is 3.74. The topological polar surface area (TPSA) is 82.0 Å². The number of halogens is 1. The smallest absolute Gasteiger partial charge is 0.274 e. The van der Waals surface area contributed by atoms with E-state index >= 15 is 0 Å². The number of anilines is 1. The summed E-state index contributed by atoms with van der Waals surface area (Å²) in [7, 11) is 0. The van der Waals surface area contributed by atoms with Crippen molar-refractivity contribution >= 4 is 34.7 Å². The summed E-state index contributed by atoms with van der Waals surface area (Å²) in [6, 6.07) is 8.15. The van der Waals surface area contributed by atoms with Crippen LogP contribution in [0.4, 0.5) is 11.4 Å². The number of pyridine rings is 1. The van der Waals surface area contributed by atoms with Crippen molar-refractivity contribution in [3.8, 4) is 0 Å². The highest BCUT2D eigenvalue weighted by molar-refractivity contribution is 7.98. The maximum absolute atomic E-state index is 10.9. The highest BCUT2D eigenvalue weighted by Crippen LogP contribution is 2.32. The van der Waals surface area contributed by atoms with E-state index in [0.717, 1.165) is 5.03 Å². The molecule has 1 aromatic heterocycles. The first-order valence-electron chi connectivity index (χ1n) is 5.34. The quantitative estimate of drug-likeness (QED) is 0.530. The number of benzene rings is 1. The summed E-state index contributed by atoms with van der Waals surface area (Å²) < 4.78 is 0. The van der Waals surface area contributed by atoms with Gasteiger partial charge in [0.15, 0.2) is 0 Å². The number of nitro groups is 1. The summed E-state index contributed by atoms with van der Waals surface area (Å²) in [6.07, 6.45) is 1.54. The summed E-state index contributed by atoms with van der Waals surface area (Å²) in [5.41, 5.74) is 6.64. The van der Waals surface area contributed by atoms with Crippen LogP contribution in [0.1, 0.15) is 5.56 Å². The van der Waals surface area contributed by atoms with Crippen molar-refractivity contribution in [1.29, 1.82) is 0 Å². The molecule has 7 heteroatoms. The Morgan fingerprint density at radius 3 is 2.79 bits per heavy atom. The van der Waals surface area contributed by atoms with Gasteiger partial charge in [0, 0.05) is 11.8 Å². The molecule has 1 heterocycles. The van der Waals surface area contributed by atoms with Crippen molar-refractivity contribution in [2.45, 2.75) is 10.8 Å². The maximum atomic E-state index is 10.9. The predicted octanol–water partition coefficient (Wildman–Crippen LogP) is 3.52. The van der Waals surface area contributed by atoms with Crippen molar-refractivity contribution in [1.82, 2.24) is 4.98 Å². The van der Waals surface area contributed by atoms with Gasteiger partial charge in [-0.25, -0.2) is 4.98 Å². The Morgan fingerprint density at radius 2 is 2.16 bits per heavy atom. The van der Waals surface area contributed by atoms with E-state index in [9.17, 15) is 10.1 Å². The number of hydrogen-bond acceptors (Lipinski definition) is 5. The summed E-state index contributed by atoms with van der Waals surface area (Å²) in [6.45, 7) is 0. The molecule has 0 radical (unpaired) electrons. The van der Waals surface area contributed by atoms with E-state index in [1.807, 2.05) is 0 Å². The molecule has 0 fully saturated rings. The summed E-state index contributed by atoms with van der Waals surface area (Å²) in [4.78, 5) is 14.6. The normalized spacial score (nSPS) is 10.4. The highest BCUT2D eigenvalue weighted by atomic mass is 35.5. The molecule has 19 heavy (non-hydrogen) atoms. The fraction of sp³-hybridized carbons (Fsp3) is 0.0833. The zero-order chi connectivity index (χ0) is 13.8. The fourth-order valence-electron chi connectivity index (χ4n) is 1.48. The van der Waals surface area contributed by atoms with Crippen LogP contribution < -0.4 is 5.73 Å². The first-order chi connectivity index (χ1) is 9.08. The number of hydrogen-bond donors (Lipinski definition) is 1. The van der Waals surface area contributed by atoms with E-state index in [0.29, 0.717) is 22.0 Å². The molecular weight excluding hydrogens is 286 g/mol. The molecule has 2 rings (SSSR count). The number of nitrogens with zero attached hydrogens (tertiary/aromatic N) is 2. The molecule has 2 N–H and O–H groups in total. The summed E-state index contributed by atoms with van der Waals surface area (Å²) >= 11 is 7.38. The zero-order valence-corrected chi connectivity index (χ0v) is 11.3. The van der Waals surface area contributed by atoms with Gasteiger partial charge in [0.1, 0.15) is 0 Å². The van der Waals surface area contributed by atoms with Crippen LogP contribution in [-0.4, -0.2) is 9.91 Å². The van der Waals surface area contributed by atoms with Gasteiger partial charge in [-0.1, -0.05) is 17.7 Å². The van der Waals surface area contributed by atoms with Gasteiger partial charge in [-0.15, -0.1) is 11.8 Å². The minimum Gasteiger partial charge on any atom is -0.397 e. The van der Waals surface area contributed by atoms with Crippen LogP contribution >= 0.6 is 23.4 Å². The molecule has 5 nitrogen and oxygen atoms in total. The van der Waals surface area contributed by atoms with Crippen molar-refractivity contribution in [2.24, 2.45) is 0 Å². The van der Waals surface area contributed by atoms with Crippen LogP contribution in [0.15, 0.2) is 41.6 Å². The number of nitrogen functional groups attached to an aromatic ring is 1. The minimum atomic E-state index is -0.432. The monoisotopic (exact) mass is 295 g/mol. The molecule has 0 bridgehead atoms. The number of thioether (sulfide) groups is 1.